The molecule has 0 saturated carbocycles. The van der Waals surface area contributed by atoms with Gasteiger partial charge in [0, 0.05) is 49.2 Å². The summed E-state index contributed by atoms with van der Waals surface area (Å²) in [6.07, 6.45) is 0. The molecule has 0 spiro atoms. The van der Waals surface area contributed by atoms with Crippen molar-refractivity contribution in [1.82, 2.24) is 4.90 Å². The number of hydrogen-bond acceptors (Lipinski definition) is 5. The van der Waals surface area contributed by atoms with Crippen molar-refractivity contribution in [2.75, 3.05) is 57.7 Å². The second-order valence-electron chi connectivity index (χ2n) is 6.39. The Kier molecular flexibility index (Phi) is 5.63. The van der Waals surface area contributed by atoms with Crippen molar-refractivity contribution in [2.24, 2.45) is 0 Å². The molecule has 0 aromatic heterocycles. The van der Waals surface area contributed by atoms with Gasteiger partial charge in [-0.2, -0.15) is 0 Å². The third kappa shape index (κ3) is 4.26. The second kappa shape index (κ2) is 8.10. The molecule has 0 bridgehead atoms. The van der Waals surface area contributed by atoms with Crippen LogP contribution in [0.2, 0.25) is 0 Å². The van der Waals surface area contributed by atoms with Gasteiger partial charge in [-0.1, -0.05) is 0 Å². The van der Waals surface area contributed by atoms with Gasteiger partial charge in [0.1, 0.15) is 11.5 Å². The van der Waals surface area contributed by atoms with Gasteiger partial charge in [-0.25, -0.2) is 0 Å². The third-order valence-electron chi connectivity index (χ3n) is 4.61. The SMILES string of the molecule is COc1cc(OC)cc(C(=O)Nc2ccc(N3CCN(C)CC3)cc2)c1. The molecule has 2 aromatic rings. The van der Waals surface area contributed by atoms with Crippen LogP contribution in [-0.4, -0.2) is 58.3 Å². The molecule has 0 unspecified atom stereocenters. The molecular weight excluding hydrogens is 330 g/mol. The molecule has 138 valence electrons. The van der Waals surface area contributed by atoms with Gasteiger partial charge in [0.15, 0.2) is 0 Å². The van der Waals surface area contributed by atoms with E-state index in [4.69, 9.17) is 9.47 Å². The van der Waals surface area contributed by atoms with Gasteiger partial charge >= 0.3 is 0 Å². The van der Waals surface area contributed by atoms with Crippen molar-refractivity contribution < 1.29 is 14.3 Å². The number of carbonyl (C=O) groups excluding carboxylic acids is 1. The normalized spacial score (nSPS) is 14.8. The van der Waals surface area contributed by atoms with E-state index in [-0.39, 0.29) is 5.91 Å². The Hall–Kier alpha value is -2.73. The van der Waals surface area contributed by atoms with E-state index < -0.39 is 0 Å². The van der Waals surface area contributed by atoms with E-state index >= 15 is 0 Å². The summed E-state index contributed by atoms with van der Waals surface area (Å²) in [4.78, 5) is 17.2. The van der Waals surface area contributed by atoms with Crippen molar-refractivity contribution in [2.45, 2.75) is 0 Å². The lowest BCUT2D eigenvalue weighted by molar-refractivity contribution is 0.102. The maximum atomic E-state index is 12.5. The van der Waals surface area contributed by atoms with Gasteiger partial charge in [0.2, 0.25) is 0 Å². The first-order valence-corrected chi connectivity index (χ1v) is 8.67. The number of piperazine rings is 1. The molecule has 1 heterocycles. The molecule has 26 heavy (non-hydrogen) atoms. The highest BCUT2D eigenvalue weighted by molar-refractivity contribution is 6.04. The van der Waals surface area contributed by atoms with Crippen LogP contribution in [0.3, 0.4) is 0 Å². The molecule has 1 saturated heterocycles. The quantitative estimate of drug-likeness (QED) is 0.894. The van der Waals surface area contributed by atoms with E-state index in [2.05, 4.69) is 22.2 Å². The minimum absolute atomic E-state index is 0.199. The van der Waals surface area contributed by atoms with Gasteiger partial charge in [0.25, 0.3) is 5.91 Å². The Morgan fingerprint density at radius 3 is 2.04 bits per heavy atom. The number of methoxy groups -OCH3 is 2. The van der Waals surface area contributed by atoms with Crippen molar-refractivity contribution in [3.63, 3.8) is 0 Å². The first kappa shape index (κ1) is 18.1. The summed E-state index contributed by atoms with van der Waals surface area (Å²) >= 11 is 0. The summed E-state index contributed by atoms with van der Waals surface area (Å²) in [6.45, 7) is 4.17. The zero-order valence-corrected chi connectivity index (χ0v) is 15.5. The Balaban J connectivity index is 1.68. The molecule has 3 rings (SSSR count). The topological polar surface area (TPSA) is 54.0 Å². The fraction of sp³-hybridized carbons (Fsp3) is 0.350. The highest BCUT2D eigenvalue weighted by Gasteiger charge is 2.14. The van der Waals surface area contributed by atoms with Crippen LogP contribution in [0.4, 0.5) is 11.4 Å². The third-order valence-corrected chi connectivity index (χ3v) is 4.61. The zero-order valence-electron chi connectivity index (χ0n) is 15.5. The Bertz CT molecular complexity index is 731. The predicted molar refractivity (Wildman–Crippen MR) is 104 cm³/mol. The summed E-state index contributed by atoms with van der Waals surface area (Å²) in [5.74, 6) is 0.967. The standard InChI is InChI=1S/C20H25N3O3/c1-22-8-10-23(11-9-22)17-6-4-16(5-7-17)21-20(24)15-12-18(25-2)14-19(13-15)26-3/h4-7,12-14H,8-11H2,1-3H3,(H,21,24). The lowest BCUT2D eigenvalue weighted by Crippen LogP contribution is -2.44. The van der Waals surface area contributed by atoms with Gasteiger partial charge in [0.05, 0.1) is 14.2 Å². The molecule has 1 amide bonds. The van der Waals surface area contributed by atoms with Crippen LogP contribution in [0.5, 0.6) is 11.5 Å². The van der Waals surface area contributed by atoms with E-state index in [1.54, 1.807) is 32.4 Å². The average Bonchev–Trinajstić information content (AvgIpc) is 2.68. The van der Waals surface area contributed by atoms with E-state index in [1.165, 1.54) is 5.69 Å². The fourth-order valence-electron chi connectivity index (χ4n) is 2.96. The molecule has 0 aliphatic carbocycles. The monoisotopic (exact) mass is 355 g/mol. The van der Waals surface area contributed by atoms with E-state index in [0.29, 0.717) is 17.1 Å². The molecule has 1 aliphatic heterocycles. The maximum absolute atomic E-state index is 12.5. The molecule has 2 aromatic carbocycles. The smallest absolute Gasteiger partial charge is 0.255 e. The number of amides is 1. The number of likely N-dealkylation sites (N-methyl/N-ethyl adjacent to an activating group) is 1. The molecule has 1 N–H and O–H groups in total. The Labute approximate surface area is 154 Å². The number of anilines is 2. The van der Waals surface area contributed by atoms with E-state index in [0.717, 1.165) is 31.9 Å². The van der Waals surface area contributed by atoms with Crippen LogP contribution in [0.25, 0.3) is 0 Å². The minimum Gasteiger partial charge on any atom is -0.497 e. The van der Waals surface area contributed by atoms with E-state index in [1.807, 2.05) is 24.3 Å². The number of ether oxygens (including phenoxy) is 2. The molecular formula is C20H25N3O3. The van der Waals surface area contributed by atoms with Crippen LogP contribution in [0.15, 0.2) is 42.5 Å². The summed E-state index contributed by atoms with van der Waals surface area (Å²) in [7, 11) is 5.27. The highest BCUT2D eigenvalue weighted by atomic mass is 16.5. The lowest BCUT2D eigenvalue weighted by atomic mass is 10.1. The summed E-state index contributed by atoms with van der Waals surface area (Å²) in [5.41, 5.74) is 2.43. The number of hydrogen-bond donors (Lipinski definition) is 1. The number of nitrogens with zero attached hydrogens (tertiary/aromatic N) is 2. The fourth-order valence-corrected chi connectivity index (χ4v) is 2.96. The van der Waals surface area contributed by atoms with Crippen molar-refractivity contribution in [3.05, 3.63) is 48.0 Å². The summed E-state index contributed by atoms with van der Waals surface area (Å²) in [6, 6.07) is 13.1. The van der Waals surface area contributed by atoms with Gasteiger partial charge in [-0.3, -0.25) is 4.79 Å². The summed E-state index contributed by atoms with van der Waals surface area (Å²) in [5, 5.41) is 2.92. The number of benzene rings is 2. The predicted octanol–water partition coefficient (Wildman–Crippen LogP) is 2.71. The number of rotatable bonds is 5. The van der Waals surface area contributed by atoms with Crippen LogP contribution in [0, 0.1) is 0 Å². The first-order valence-electron chi connectivity index (χ1n) is 8.67. The second-order valence-corrected chi connectivity index (χ2v) is 6.39. The van der Waals surface area contributed by atoms with Crippen molar-refractivity contribution in [1.29, 1.82) is 0 Å². The van der Waals surface area contributed by atoms with Crippen LogP contribution in [-0.2, 0) is 0 Å². The molecule has 1 aliphatic rings. The van der Waals surface area contributed by atoms with Crippen molar-refractivity contribution >= 4 is 17.3 Å². The van der Waals surface area contributed by atoms with Gasteiger partial charge in [-0.05, 0) is 43.4 Å². The Morgan fingerprint density at radius 2 is 1.50 bits per heavy atom. The van der Waals surface area contributed by atoms with Crippen molar-refractivity contribution in [3.8, 4) is 11.5 Å². The highest BCUT2D eigenvalue weighted by Crippen LogP contribution is 2.24. The maximum Gasteiger partial charge on any atom is 0.255 e. The first-order chi connectivity index (χ1) is 12.6. The van der Waals surface area contributed by atoms with E-state index in [9.17, 15) is 4.79 Å². The molecule has 1 fully saturated rings. The summed E-state index contributed by atoms with van der Waals surface area (Å²) < 4.78 is 10.4. The van der Waals surface area contributed by atoms with Gasteiger partial charge < -0.3 is 24.6 Å². The molecule has 0 radical (unpaired) electrons. The lowest BCUT2D eigenvalue weighted by Gasteiger charge is -2.34. The molecule has 6 nitrogen and oxygen atoms in total. The molecule has 0 atom stereocenters. The minimum atomic E-state index is -0.199. The number of carbonyl (C=O) groups is 1. The van der Waals surface area contributed by atoms with Crippen LogP contribution in [0.1, 0.15) is 10.4 Å². The van der Waals surface area contributed by atoms with Crippen LogP contribution < -0.4 is 19.7 Å². The number of nitrogens with one attached hydrogen (secondary N) is 1. The molecule has 6 heteroatoms. The zero-order chi connectivity index (χ0) is 18.5. The van der Waals surface area contributed by atoms with Gasteiger partial charge in [-0.15, -0.1) is 0 Å². The largest absolute Gasteiger partial charge is 0.497 e. The average molecular weight is 355 g/mol. The van der Waals surface area contributed by atoms with Crippen LogP contribution >= 0.6 is 0 Å². The Morgan fingerprint density at radius 1 is 0.923 bits per heavy atom.